The Morgan fingerprint density at radius 1 is 1.10 bits per heavy atom. The third-order valence-electron chi connectivity index (χ3n) is 5.12. The summed E-state index contributed by atoms with van der Waals surface area (Å²) in [6.45, 7) is 1.22. The summed E-state index contributed by atoms with van der Waals surface area (Å²) in [5.74, 6) is -0.155. The second kappa shape index (κ2) is 7.81. The van der Waals surface area contributed by atoms with Gasteiger partial charge in [-0.15, -0.1) is 0 Å². The topological polar surface area (TPSA) is 50.4 Å². The second-order valence-corrected chi connectivity index (χ2v) is 7.22. The number of ether oxygens (including phenoxy) is 1. The van der Waals surface area contributed by atoms with E-state index in [-0.39, 0.29) is 11.7 Å². The van der Waals surface area contributed by atoms with E-state index >= 15 is 0 Å². The maximum atomic E-state index is 13.0. The van der Waals surface area contributed by atoms with Gasteiger partial charge in [0.05, 0.1) is 12.2 Å². The Balaban J connectivity index is 1.57. The lowest BCUT2D eigenvalue weighted by atomic mass is 9.99. The molecular formula is C22H21F3N2O2. The molecule has 4 rings (SSSR count). The summed E-state index contributed by atoms with van der Waals surface area (Å²) in [7, 11) is 0. The molecule has 2 N–H and O–H groups in total. The zero-order chi connectivity index (χ0) is 20.4. The number of aryl methyl sites for hydroxylation is 1. The van der Waals surface area contributed by atoms with E-state index in [0.29, 0.717) is 36.3 Å². The first-order valence-corrected chi connectivity index (χ1v) is 9.63. The van der Waals surface area contributed by atoms with E-state index in [2.05, 4.69) is 10.6 Å². The molecule has 0 unspecified atom stereocenters. The van der Waals surface area contributed by atoms with E-state index in [1.165, 1.54) is 17.7 Å². The van der Waals surface area contributed by atoms with Crippen LogP contribution in [0.4, 0.5) is 24.5 Å². The van der Waals surface area contributed by atoms with Gasteiger partial charge in [-0.1, -0.05) is 12.1 Å². The third kappa shape index (κ3) is 4.39. The molecule has 0 spiro atoms. The number of carbonyl (C=O) groups is 1. The van der Waals surface area contributed by atoms with Crippen molar-refractivity contribution in [2.24, 2.45) is 0 Å². The lowest BCUT2D eigenvalue weighted by Crippen LogP contribution is -2.13. The van der Waals surface area contributed by atoms with Crippen molar-refractivity contribution >= 4 is 22.9 Å². The summed E-state index contributed by atoms with van der Waals surface area (Å²) in [5, 5.41) is 6.17. The van der Waals surface area contributed by atoms with Crippen molar-refractivity contribution in [1.82, 2.24) is 0 Å². The molecule has 0 atom stereocenters. The SMILES string of the molecule is O=C(C=C1CCCOc2cc(C(F)(F)F)ccc21)Nc1ccc2c(c1)NCCC2. The minimum atomic E-state index is -4.44. The number of carbonyl (C=O) groups excluding carboxylic acids is 1. The van der Waals surface area contributed by atoms with E-state index in [4.69, 9.17) is 4.74 Å². The van der Waals surface area contributed by atoms with Gasteiger partial charge in [0.2, 0.25) is 5.91 Å². The molecule has 4 nitrogen and oxygen atoms in total. The number of amides is 1. The van der Waals surface area contributed by atoms with Gasteiger partial charge in [-0.25, -0.2) is 0 Å². The standard InChI is InChI=1S/C22H21F3N2O2/c23-22(24,25)16-6-8-18-15(4-2-10-29-20(18)12-16)11-21(28)27-17-7-5-14-3-1-9-26-19(14)13-17/h5-8,11-13,26H,1-4,9-10H2,(H,27,28). The average Bonchev–Trinajstić information content (AvgIpc) is 2.89. The number of anilines is 2. The van der Waals surface area contributed by atoms with Gasteiger partial charge in [0, 0.05) is 29.6 Å². The lowest BCUT2D eigenvalue weighted by Gasteiger charge is -2.18. The molecule has 2 heterocycles. The van der Waals surface area contributed by atoms with Crippen molar-refractivity contribution in [2.75, 3.05) is 23.8 Å². The van der Waals surface area contributed by atoms with Crippen LogP contribution in [-0.2, 0) is 17.4 Å². The number of rotatable bonds is 2. The van der Waals surface area contributed by atoms with E-state index in [9.17, 15) is 18.0 Å². The number of allylic oxidation sites excluding steroid dienone is 1. The first kappa shape index (κ1) is 19.4. The molecule has 1 amide bonds. The smallest absolute Gasteiger partial charge is 0.416 e. The highest BCUT2D eigenvalue weighted by molar-refractivity contribution is 6.04. The second-order valence-electron chi connectivity index (χ2n) is 7.22. The Morgan fingerprint density at radius 2 is 1.97 bits per heavy atom. The molecule has 2 aromatic rings. The van der Waals surface area contributed by atoms with Crippen LogP contribution in [0.5, 0.6) is 5.75 Å². The zero-order valence-corrected chi connectivity index (χ0v) is 15.7. The summed E-state index contributed by atoms with van der Waals surface area (Å²) in [6.07, 6.45) is 0.287. The third-order valence-corrected chi connectivity index (χ3v) is 5.12. The Bertz CT molecular complexity index is 967. The predicted octanol–water partition coefficient (Wildman–Crippen LogP) is 5.26. The minimum absolute atomic E-state index is 0.161. The van der Waals surface area contributed by atoms with Gasteiger partial charge in [0.1, 0.15) is 5.75 Å². The van der Waals surface area contributed by atoms with Gasteiger partial charge in [0.15, 0.2) is 0 Å². The Kier molecular flexibility index (Phi) is 5.22. The van der Waals surface area contributed by atoms with E-state index in [1.54, 1.807) is 0 Å². The van der Waals surface area contributed by atoms with E-state index in [0.717, 1.165) is 37.2 Å². The molecule has 2 aromatic carbocycles. The van der Waals surface area contributed by atoms with Crippen molar-refractivity contribution < 1.29 is 22.7 Å². The molecule has 29 heavy (non-hydrogen) atoms. The van der Waals surface area contributed by atoms with Crippen LogP contribution in [-0.4, -0.2) is 19.1 Å². The molecule has 0 aliphatic carbocycles. The fourth-order valence-corrected chi connectivity index (χ4v) is 3.69. The summed E-state index contributed by atoms with van der Waals surface area (Å²) in [6, 6.07) is 9.17. The van der Waals surface area contributed by atoms with Gasteiger partial charge in [-0.05, 0) is 61.1 Å². The predicted molar refractivity (Wildman–Crippen MR) is 106 cm³/mol. The normalized spacial score (nSPS) is 17.4. The van der Waals surface area contributed by atoms with Gasteiger partial charge >= 0.3 is 6.18 Å². The highest BCUT2D eigenvalue weighted by Gasteiger charge is 2.32. The van der Waals surface area contributed by atoms with E-state index in [1.807, 2.05) is 18.2 Å². The summed E-state index contributed by atoms with van der Waals surface area (Å²) >= 11 is 0. The number of hydrogen-bond donors (Lipinski definition) is 2. The largest absolute Gasteiger partial charge is 0.493 e. The Morgan fingerprint density at radius 3 is 2.79 bits per heavy atom. The van der Waals surface area contributed by atoms with Crippen LogP contribution in [0.2, 0.25) is 0 Å². The van der Waals surface area contributed by atoms with Gasteiger partial charge in [-0.3, -0.25) is 4.79 Å². The quantitative estimate of drug-likeness (QED) is 0.674. The minimum Gasteiger partial charge on any atom is -0.493 e. The molecular weight excluding hydrogens is 381 g/mol. The van der Waals surface area contributed by atoms with Crippen LogP contribution in [0.15, 0.2) is 42.5 Å². The fraction of sp³-hybridized carbons (Fsp3) is 0.318. The highest BCUT2D eigenvalue weighted by atomic mass is 19.4. The molecule has 0 aromatic heterocycles. The summed E-state index contributed by atoms with van der Waals surface area (Å²) in [4.78, 5) is 12.6. The summed E-state index contributed by atoms with van der Waals surface area (Å²) < 4.78 is 44.5. The number of nitrogens with one attached hydrogen (secondary N) is 2. The molecule has 0 fully saturated rings. The fourth-order valence-electron chi connectivity index (χ4n) is 3.69. The van der Waals surface area contributed by atoms with Crippen molar-refractivity contribution in [1.29, 1.82) is 0 Å². The van der Waals surface area contributed by atoms with Crippen LogP contribution in [0.25, 0.3) is 5.57 Å². The number of alkyl halides is 3. The van der Waals surface area contributed by atoms with Crippen molar-refractivity contribution in [2.45, 2.75) is 31.9 Å². The number of benzene rings is 2. The molecule has 0 bridgehead atoms. The van der Waals surface area contributed by atoms with Crippen LogP contribution >= 0.6 is 0 Å². The zero-order valence-electron chi connectivity index (χ0n) is 15.7. The molecule has 2 aliphatic rings. The van der Waals surface area contributed by atoms with E-state index < -0.39 is 11.7 Å². The summed E-state index contributed by atoms with van der Waals surface area (Å²) in [5.41, 5.74) is 3.36. The van der Waals surface area contributed by atoms with Crippen molar-refractivity contribution in [3.63, 3.8) is 0 Å². The molecule has 152 valence electrons. The Hall–Kier alpha value is -2.96. The van der Waals surface area contributed by atoms with Crippen molar-refractivity contribution in [3.8, 4) is 5.75 Å². The highest BCUT2D eigenvalue weighted by Crippen LogP contribution is 2.38. The van der Waals surface area contributed by atoms with Crippen molar-refractivity contribution in [3.05, 3.63) is 59.2 Å². The molecule has 7 heteroatoms. The van der Waals surface area contributed by atoms with Crippen LogP contribution in [0.1, 0.15) is 36.0 Å². The number of halogens is 3. The van der Waals surface area contributed by atoms with Crippen LogP contribution < -0.4 is 15.4 Å². The van der Waals surface area contributed by atoms with Crippen LogP contribution in [0, 0.1) is 0 Å². The first-order valence-electron chi connectivity index (χ1n) is 9.63. The molecule has 0 saturated heterocycles. The first-order chi connectivity index (χ1) is 13.9. The average molecular weight is 402 g/mol. The van der Waals surface area contributed by atoms with Gasteiger partial charge in [-0.2, -0.15) is 13.2 Å². The Labute approximate surface area is 166 Å². The maximum absolute atomic E-state index is 13.0. The number of hydrogen-bond acceptors (Lipinski definition) is 3. The van der Waals surface area contributed by atoms with Gasteiger partial charge < -0.3 is 15.4 Å². The maximum Gasteiger partial charge on any atom is 0.416 e. The van der Waals surface area contributed by atoms with Gasteiger partial charge in [0.25, 0.3) is 0 Å². The lowest BCUT2D eigenvalue weighted by molar-refractivity contribution is -0.137. The molecule has 0 saturated carbocycles. The van der Waals surface area contributed by atoms with Crippen LogP contribution in [0.3, 0.4) is 0 Å². The molecule has 0 radical (unpaired) electrons. The molecule has 2 aliphatic heterocycles. The number of fused-ring (bicyclic) bond motifs is 2. The monoisotopic (exact) mass is 402 g/mol.